The molecule has 5 nitrogen and oxygen atoms in total. The van der Waals surface area contributed by atoms with Gasteiger partial charge in [-0.3, -0.25) is 4.79 Å². The van der Waals surface area contributed by atoms with Crippen molar-refractivity contribution in [2.75, 3.05) is 39.4 Å². The van der Waals surface area contributed by atoms with Crippen LogP contribution in [-0.2, 0) is 9.53 Å². The van der Waals surface area contributed by atoms with Crippen molar-refractivity contribution in [1.29, 1.82) is 0 Å². The van der Waals surface area contributed by atoms with Gasteiger partial charge in [0, 0.05) is 18.0 Å². The van der Waals surface area contributed by atoms with Crippen LogP contribution in [0.4, 0.5) is 0 Å². The lowest BCUT2D eigenvalue weighted by Crippen LogP contribution is -3.14. The number of carbonyl (C=O) groups is 1. The first-order valence-electron chi connectivity index (χ1n) is 7.76. The van der Waals surface area contributed by atoms with E-state index in [4.69, 9.17) is 21.1 Å². The molecule has 1 heterocycles. The third-order valence-corrected chi connectivity index (χ3v) is 3.92. The molecule has 1 aromatic carbocycles. The van der Waals surface area contributed by atoms with Gasteiger partial charge in [0.15, 0.2) is 6.10 Å². The fraction of sp³-hybridized carbons (Fsp3) is 0.562. The number of quaternary nitrogens is 1. The topological polar surface area (TPSA) is 52.0 Å². The van der Waals surface area contributed by atoms with Gasteiger partial charge in [0.05, 0.1) is 19.8 Å². The summed E-state index contributed by atoms with van der Waals surface area (Å²) in [5.74, 6) is 0.505. The number of benzene rings is 1. The number of carbonyl (C=O) groups excluding carboxylic acids is 1. The Morgan fingerprint density at radius 3 is 2.95 bits per heavy atom. The van der Waals surface area contributed by atoms with E-state index in [-0.39, 0.29) is 5.91 Å². The van der Waals surface area contributed by atoms with E-state index in [1.54, 1.807) is 36.1 Å². The van der Waals surface area contributed by atoms with Crippen LogP contribution in [0.15, 0.2) is 24.3 Å². The van der Waals surface area contributed by atoms with Crippen LogP contribution in [0.1, 0.15) is 13.3 Å². The summed E-state index contributed by atoms with van der Waals surface area (Å²) in [6.07, 6.45) is 0.430. The Hall–Kier alpha value is -1.30. The Labute approximate surface area is 136 Å². The lowest BCUT2D eigenvalue weighted by atomic mass is 10.3. The van der Waals surface area contributed by atoms with E-state index >= 15 is 0 Å². The monoisotopic (exact) mass is 327 g/mol. The molecular weight excluding hydrogens is 304 g/mol. The fourth-order valence-electron chi connectivity index (χ4n) is 2.40. The Kier molecular flexibility index (Phi) is 6.96. The van der Waals surface area contributed by atoms with Gasteiger partial charge in [-0.15, -0.1) is 0 Å². The van der Waals surface area contributed by atoms with Crippen molar-refractivity contribution in [1.82, 2.24) is 5.32 Å². The average molecular weight is 328 g/mol. The van der Waals surface area contributed by atoms with Gasteiger partial charge in [-0.1, -0.05) is 17.7 Å². The lowest BCUT2D eigenvalue weighted by Gasteiger charge is -2.23. The summed E-state index contributed by atoms with van der Waals surface area (Å²) in [5, 5.41) is 3.51. The second-order valence-electron chi connectivity index (χ2n) is 5.47. The van der Waals surface area contributed by atoms with Gasteiger partial charge in [0.1, 0.15) is 18.8 Å². The third kappa shape index (κ3) is 5.83. The quantitative estimate of drug-likeness (QED) is 0.718. The molecule has 1 aromatic rings. The number of hydrogen-bond acceptors (Lipinski definition) is 3. The average Bonchev–Trinajstić information content (AvgIpc) is 2.52. The molecule has 22 heavy (non-hydrogen) atoms. The van der Waals surface area contributed by atoms with E-state index in [0.29, 0.717) is 17.3 Å². The van der Waals surface area contributed by atoms with E-state index in [1.165, 1.54) is 0 Å². The van der Waals surface area contributed by atoms with Crippen molar-refractivity contribution >= 4 is 17.5 Å². The number of hydrogen-bond donors (Lipinski definition) is 2. The fourth-order valence-corrected chi connectivity index (χ4v) is 2.58. The van der Waals surface area contributed by atoms with Gasteiger partial charge in [-0.05, 0) is 25.1 Å². The molecule has 0 saturated carbocycles. The van der Waals surface area contributed by atoms with Crippen LogP contribution in [0.25, 0.3) is 0 Å². The minimum atomic E-state index is -0.533. The first kappa shape index (κ1) is 17.1. The molecule has 1 saturated heterocycles. The highest BCUT2D eigenvalue weighted by Gasteiger charge is 2.16. The number of amides is 1. The zero-order valence-corrected chi connectivity index (χ0v) is 13.7. The number of ether oxygens (including phenoxy) is 2. The van der Waals surface area contributed by atoms with Crippen LogP contribution >= 0.6 is 11.6 Å². The Balaban J connectivity index is 1.63. The largest absolute Gasteiger partial charge is 0.481 e. The van der Waals surface area contributed by atoms with Crippen LogP contribution in [0.5, 0.6) is 5.75 Å². The van der Waals surface area contributed by atoms with Gasteiger partial charge < -0.3 is 19.7 Å². The molecule has 1 fully saturated rings. The summed E-state index contributed by atoms with van der Waals surface area (Å²) in [6, 6.07) is 7.06. The van der Waals surface area contributed by atoms with Crippen LogP contribution in [0, 0.1) is 0 Å². The molecule has 0 radical (unpaired) electrons. The third-order valence-electron chi connectivity index (χ3n) is 3.68. The number of nitrogens with one attached hydrogen (secondary N) is 2. The molecule has 2 N–H and O–H groups in total. The van der Waals surface area contributed by atoms with Crippen molar-refractivity contribution in [2.24, 2.45) is 0 Å². The second kappa shape index (κ2) is 8.98. The van der Waals surface area contributed by atoms with Crippen molar-refractivity contribution in [3.63, 3.8) is 0 Å². The lowest BCUT2D eigenvalue weighted by molar-refractivity contribution is -0.908. The Bertz CT molecular complexity index is 478. The molecule has 0 bridgehead atoms. The van der Waals surface area contributed by atoms with Gasteiger partial charge in [-0.25, -0.2) is 0 Å². The highest BCUT2D eigenvalue weighted by molar-refractivity contribution is 6.30. The highest BCUT2D eigenvalue weighted by atomic mass is 35.5. The molecule has 0 spiro atoms. The molecule has 0 aromatic heterocycles. The zero-order chi connectivity index (χ0) is 15.8. The van der Waals surface area contributed by atoms with Crippen LogP contribution < -0.4 is 15.0 Å². The van der Waals surface area contributed by atoms with Crippen LogP contribution in [0.3, 0.4) is 0 Å². The molecular formula is C16H24ClN2O3+. The van der Waals surface area contributed by atoms with Crippen molar-refractivity contribution < 1.29 is 19.2 Å². The number of rotatable bonds is 7. The standard InChI is InChI=1S/C16H23ClN2O3/c1-13(22-15-5-2-4-14(17)12-15)16(20)18-6-3-7-19-8-10-21-11-9-19/h2,4-5,12-13H,3,6-11H2,1H3,(H,18,20)/p+1/t13-/m1/s1. The van der Waals surface area contributed by atoms with E-state index < -0.39 is 6.10 Å². The van der Waals surface area contributed by atoms with Gasteiger partial charge in [-0.2, -0.15) is 0 Å². The van der Waals surface area contributed by atoms with Gasteiger partial charge in [0.25, 0.3) is 5.91 Å². The molecule has 1 aliphatic heterocycles. The van der Waals surface area contributed by atoms with E-state index in [0.717, 1.165) is 39.3 Å². The molecule has 2 rings (SSSR count). The zero-order valence-electron chi connectivity index (χ0n) is 12.9. The van der Waals surface area contributed by atoms with Crippen LogP contribution in [0.2, 0.25) is 5.02 Å². The van der Waals surface area contributed by atoms with Crippen molar-refractivity contribution in [3.05, 3.63) is 29.3 Å². The van der Waals surface area contributed by atoms with E-state index in [9.17, 15) is 4.79 Å². The molecule has 0 unspecified atom stereocenters. The number of morpholine rings is 1. The molecule has 0 aliphatic carbocycles. The molecule has 1 aliphatic rings. The van der Waals surface area contributed by atoms with Crippen molar-refractivity contribution in [3.8, 4) is 5.75 Å². The minimum absolute atomic E-state index is 0.100. The summed E-state index contributed by atoms with van der Waals surface area (Å²) in [6.45, 7) is 7.27. The maximum atomic E-state index is 12.0. The first-order chi connectivity index (χ1) is 10.6. The minimum Gasteiger partial charge on any atom is -0.481 e. The highest BCUT2D eigenvalue weighted by Crippen LogP contribution is 2.18. The summed E-state index contributed by atoms with van der Waals surface area (Å²) < 4.78 is 10.9. The maximum absolute atomic E-state index is 12.0. The Morgan fingerprint density at radius 1 is 1.45 bits per heavy atom. The molecule has 1 amide bonds. The summed E-state index contributed by atoms with van der Waals surface area (Å²) in [4.78, 5) is 13.5. The number of halogens is 1. The maximum Gasteiger partial charge on any atom is 0.260 e. The molecule has 122 valence electrons. The van der Waals surface area contributed by atoms with Crippen LogP contribution in [-0.4, -0.2) is 51.4 Å². The summed E-state index contributed by atoms with van der Waals surface area (Å²) in [5.41, 5.74) is 0. The van der Waals surface area contributed by atoms with E-state index in [2.05, 4.69) is 5.32 Å². The van der Waals surface area contributed by atoms with Gasteiger partial charge in [0.2, 0.25) is 0 Å². The van der Waals surface area contributed by atoms with Gasteiger partial charge >= 0.3 is 0 Å². The predicted molar refractivity (Wildman–Crippen MR) is 85.6 cm³/mol. The molecule has 6 heteroatoms. The Morgan fingerprint density at radius 2 is 2.23 bits per heavy atom. The summed E-state index contributed by atoms with van der Waals surface area (Å²) in [7, 11) is 0. The first-order valence-corrected chi connectivity index (χ1v) is 8.14. The SMILES string of the molecule is C[C@@H](Oc1cccc(Cl)c1)C(=O)NCCC[NH+]1CCOCC1. The predicted octanol–water partition coefficient (Wildman–Crippen LogP) is 0.529. The summed E-state index contributed by atoms with van der Waals surface area (Å²) >= 11 is 5.89. The normalized spacial score (nSPS) is 17.0. The van der Waals surface area contributed by atoms with Crippen molar-refractivity contribution in [2.45, 2.75) is 19.4 Å². The second-order valence-corrected chi connectivity index (χ2v) is 5.91. The smallest absolute Gasteiger partial charge is 0.260 e. The van der Waals surface area contributed by atoms with E-state index in [1.807, 2.05) is 0 Å². The molecule has 1 atom stereocenters.